The zero-order valence-electron chi connectivity index (χ0n) is 16.5. The molecule has 0 spiro atoms. The third-order valence-corrected chi connectivity index (χ3v) is 4.36. The summed E-state index contributed by atoms with van der Waals surface area (Å²) in [6.45, 7) is 5.74. The number of likely N-dealkylation sites (N-methyl/N-ethyl adjacent to an activating group) is 1. The molecule has 28 heavy (non-hydrogen) atoms. The van der Waals surface area contributed by atoms with Crippen LogP contribution in [0.15, 0.2) is 36.4 Å². The molecular weight excluding hydrogens is 362 g/mol. The van der Waals surface area contributed by atoms with Crippen molar-refractivity contribution < 1.29 is 19.2 Å². The van der Waals surface area contributed by atoms with Gasteiger partial charge in [0.25, 0.3) is 11.6 Å². The van der Waals surface area contributed by atoms with E-state index in [4.69, 9.17) is 9.47 Å². The number of nitrogens with zero attached hydrogens (tertiary/aromatic N) is 2. The zero-order chi connectivity index (χ0) is 20.7. The molecule has 8 heteroatoms. The summed E-state index contributed by atoms with van der Waals surface area (Å²) in [4.78, 5) is 25.4. The number of hydrogen-bond acceptors (Lipinski definition) is 6. The molecule has 2 rings (SSSR count). The SMILES string of the molecule is CCN(CCNC(=O)c1cc(OC)c(OC)cc1[N+](=O)[O-])c1cccc(C)c1. The molecule has 0 aliphatic carbocycles. The largest absolute Gasteiger partial charge is 0.493 e. The van der Waals surface area contributed by atoms with Crippen LogP contribution in [0.3, 0.4) is 0 Å². The molecule has 2 aromatic carbocycles. The number of carbonyl (C=O) groups excluding carboxylic acids is 1. The Bertz CT molecular complexity index is 854. The number of nitrogens with one attached hydrogen (secondary N) is 1. The lowest BCUT2D eigenvalue weighted by atomic mass is 10.1. The van der Waals surface area contributed by atoms with Crippen LogP contribution in [0.25, 0.3) is 0 Å². The van der Waals surface area contributed by atoms with Crippen molar-refractivity contribution >= 4 is 17.3 Å². The van der Waals surface area contributed by atoms with E-state index in [-0.39, 0.29) is 22.7 Å². The lowest BCUT2D eigenvalue weighted by molar-refractivity contribution is -0.385. The number of ether oxygens (including phenoxy) is 2. The summed E-state index contributed by atoms with van der Waals surface area (Å²) < 4.78 is 10.2. The minimum atomic E-state index is -0.609. The number of methoxy groups -OCH3 is 2. The standard InChI is InChI=1S/C20H25N3O5/c1-5-22(15-8-6-7-14(2)11-15)10-9-21-20(24)16-12-18(27-3)19(28-4)13-17(16)23(25)26/h6-8,11-13H,5,9-10H2,1-4H3,(H,21,24). The molecule has 1 amide bonds. The van der Waals surface area contributed by atoms with Gasteiger partial charge < -0.3 is 19.7 Å². The van der Waals surface area contributed by atoms with Crippen molar-refractivity contribution in [3.05, 3.63) is 57.6 Å². The van der Waals surface area contributed by atoms with Gasteiger partial charge in [-0.1, -0.05) is 12.1 Å². The first kappa shape index (κ1) is 21.0. The van der Waals surface area contributed by atoms with E-state index in [1.807, 2.05) is 32.0 Å². The van der Waals surface area contributed by atoms with Gasteiger partial charge in [0.2, 0.25) is 0 Å². The van der Waals surface area contributed by atoms with Gasteiger partial charge in [0.1, 0.15) is 5.56 Å². The maximum atomic E-state index is 12.6. The van der Waals surface area contributed by atoms with Gasteiger partial charge in [0, 0.05) is 31.4 Å². The van der Waals surface area contributed by atoms with Crippen LogP contribution in [-0.4, -0.2) is 44.7 Å². The topological polar surface area (TPSA) is 93.9 Å². The van der Waals surface area contributed by atoms with E-state index >= 15 is 0 Å². The number of aryl methyl sites for hydroxylation is 1. The van der Waals surface area contributed by atoms with Gasteiger partial charge in [-0.25, -0.2) is 0 Å². The number of hydrogen-bond donors (Lipinski definition) is 1. The highest BCUT2D eigenvalue weighted by Crippen LogP contribution is 2.34. The monoisotopic (exact) mass is 387 g/mol. The van der Waals surface area contributed by atoms with Crippen LogP contribution < -0.4 is 19.7 Å². The maximum Gasteiger partial charge on any atom is 0.286 e. The van der Waals surface area contributed by atoms with Crippen molar-refractivity contribution in [3.8, 4) is 11.5 Å². The van der Waals surface area contributed by atoms with E-state index in [1.165, 1.54) is 26.4 Å². The molecule has 8 nitrogen and oxygen atoms in total. The summed E-state index contributed by atoms with van der Waals surface area (Å²) in [5, 5.41) is 14.1. The highest BCUT2D eigenvalue weighted by Gasteiger charge is 2.24. The molecule has 1 N–H and O–H groups in total. The molecule has 0 aliphatic rings. The van der Waals surface area contributed by atoms with Gasteiger partial charge >= 0.3 is 0 Å². The molecule has 0 bridgehead atoms. The van der Waals surface area contributed by atoms with Crippen LogP contribution in [0.5, 0.6) is 11.5 Å². The second kappa shape index (κ2) is 9.59. The Kier molecular flexibility index (Phi) is 7.20. The molecule has 0 radical (unpaired) electrons. The third-order valence-electron chi connectivity index (χ3n) is 4.36. The molecule has 150 valence electrons. The number of amides is 1. The van der Waals surface area contributed by atoms with Crippen molar-refractivity contribution in [2.45, 2.75) is 13.8 Å². The van der Waals surface area contributed by atoms with Gasteiger partial charge in [-0.3, -0.25) is 14.9 Å². The van der Waals surface area contributed by atoms with Crippen LogP contribution in [0.2, 0.25) is 0 Å². The number of benzene rings is 2. The molecular formula is C20H25N3O5. The lowest BCUT2D eigenvalue weighted by Crippen LogP contribution is -2.35. The van der Waals surface area contributed by atoms with Gasteiger partial charge in [0.15, 0.2) is 11.5 Å². The fourth-order valence-electron chi connectivity index (χ4n) is 2.90. The highest BCUT2D eigenvalue weighted by atomic mass is 16.6. The van der Waals surface area contributed by atoms with E-state index < -0.39 is 10.8 Å². The Hall–Kier alpha value is -3.29. The first-order valence-corrected chi connectivity index (χ1v) is 8.91. The zero-order valence-corrected chi connectivity index (χ0v) is 16.5. The Balaban J connectivity index is 2.13. The van der Waals surface area contributed by atoms with Crippen molar-refractivity contribution in [3.63, 3.8) is 0 Å². The van der Waals surface area contributed by atoms with Crippen LogP contribution in [0.4, 0.5) is 11.4 Å². The molecule has 0 heterocycles. The number of carbonyl (C=O) groups is 1. The van der Waals surface area contributed by atoms with Crippen LogP contribution in [0.1, 0.15) is 22.8 Å². The molecule has 0 unspecified atom stereocenters. The molecule has 2 aromatic rings. The minimum absolute atomic E-state index is 0.0683. The van der Waals surface area contributed by atoms with Gasteiger partial charge in [-0.05, 0) is 31.5 Å². The van der Waals surface area contributed by atoms with Crippen molar-refractivity contribution in [2.75, 3.05) is 38.8 Å². The van der Waals surface area contributed by atoms with Crippen molar-refractivity contribution in [1.29, 1.82) is 0 Å². The highest BCUT2D eigenvalue weighted by molar-refractivity contribution is 5.99. The van der Waals surface area contributed by atoms with Crippen LogP contribution >= 0.6 is 0 Å². The van der Waals surface area contributed by atoms with Crippen LogP contribution in [-0.2, 0) is 0 Å². The molecule has 0 aromatic heterocycles. The second-order valence-corrected chi connectivity index (χ2v) is 6.16. The number of rotatable bonds is 9. The third kappa shape index (κ3) is 4.91. The molecule has 0 atom stereocenters. The average molecular weight is 387 g/mol. The maximum absolute atomic E-state index is 12.6. The van der Waals surface area contributed by atoms with Gasteiger partial charge in [-0.2, -0.15) is 0 Å². The summed E-state index contributed by atoms with van der Waals surface area (Å²) in [6, 6.07) is 10.6. The van der Waals surface area contributed by atoms with Gasteiger partial charge in [-0.15, -0.1) is 0 Å². The summed E-state index contributed by atoms with van der Waals surface area (Å²) in [7, 11) is 2.79. The van der Waals surface area contributed by atoms with Crippen molar-refractivity contribution in [1.82, 2.24) is 5.32 Å². The fourth-order valence-corrected chi connectivity index (χ4v) is 2.90. The number of nitro groups is 1. The summed E-state index contributed by atoms with van der Waals surface area (Å²) in [5.74, 6) is -0.0801. The lowest BCUT2D eigenvalue weighted by Gasteiger charge is -2.23. The fraction of sp³-hybridized carbons (Fsp3) is 0.350. The molecule has 0 saturated heterocycles. The van der Waals surface area contributed by atoms with E-state index in [9.17, 15) is 14.9 Å². The molecule has 0 fully saturated rings. The van der Waals surface area contributed by atoms with E-state index in [0.717, 1.165) is 17.8 Å². The van der Waals surface area contributed by atoms with Crippen molar-refractivity contribution in [2.24, 2.45) is 0 Å². The summed E-state index contributed by atoms with van der Waals surface area (Å²) in [6.07, 6.45) is 0. The molecule has 0 saturated carbocycles. The van der Waals surface area contributed by atoms with E-state index in [1.54, 1.807) is 0 Å². The number of nitro benzene ring substituents is 1. The predicted octanol–water partition coefficient (Wildman–Crippen LogP) is 3.18. The van der Waals surface area contributed by atoms with Gasteiger partial charge in [0.05, 0.1) is 25.2 Å². The Morgan fingerprint density at radius 3 is 2.43 bits per heavy atom. The summed E-state index contributed by atoms with van der Waals surface area (Å²) in [5.41, 5.74) is 1.82. The summed E-state index contributed by atoms with van der Waals surface area (Å²) >= 11 is 0. The second-order valence-electron chi connectivity index (χ2n) is 6.16. The first-order chi connectivity index (χ1) is 13.4. The minimum Gasteiger partial charge on any atom is -0.493 e. The van der Waals surface area contributed by atoms with E-state index in [2.05, 4.69) is 16.3 Å². The first-order valence-electron chi connectivity index (χ1n) is 8.91. The predicted molar refractivity (Wildman–Crippen MR) is 108 cm³/mol. The van der Waals surface area contributed by atoms with Crippen LogP contribution in [0, 0.1) is 17.0 Å². The quantitative estimate of drug-likeness (QED) is 0.525. The average Bonchev–Trinajstić information content (AvgIpc) is 2.69. The normalized spacial score (nSPS) is 10.3. The Morgan fingerprint density at radius 2 is 1.86 bits per heavy atom. The Labute approximate surface area is 164 Å². The number of anilines is 1. The smallest absolute Gasteiger partial charge is 0.286 e. The Morgan fingerprint density at radius 1 is 1.18 bits per heavy atom. The van der Waals surface area contributed by atoms with E-state index in [0.29, 0.717) is 13.1 Å². The molecule has 0 aliphatic heterocycles.